The van der Waals surface area contributed by atoms with Crippen molar-refractivity contribution in [2.45, 2.75) is 96.5 Å². The van der Waals surface area contributed by atoms with E-state index < -0.39 is 17.2 Å². The predicted molar refractivity (Wildman–Crippen MR) is 125 cm³/mol. The van der Waals surface area contributed by atoms with Gasteiger partial charge in [-0.3, -0.25) is 0 Å². The maximum absolute atomic E-state index is 13.8. The summed E-state index contributed by atoms with van der Waals surface area (Å²) in [7, 11) is 0. The third kappa shape index (κ3) is 7.69. The van der Waals surface area contributed by atoms with E-state index in [1.54, 1.807) is 6.07 Å². The molecule has 0 aromatic heterocycles. The first-order valence-corrected chi connectivity index (χ1v) is 12.7. The lowest BCUT2D eigenvalue weighted by molar-refractivity contribution is -0.0101. The average Bonchev–Trinajstić information content (AvgIpc) is 2.80. The number of hydrogen-bond acceptors (Lipinski definition) is 2. The summed E-state index contributed by atoms with van der Waals surface area (Å²) in [5, 5.41) is 8.79. The van der Waals surface area contributed by atoms with Crippen LogP contribution in [-0.4, -0.2) is 12.7 Å². The lowest BCUT2D eigenvalue weighted by Gasteiger charge is -2.32. The highest BCUT2D eigenvalue weighted by atomic mass is 19.1. The van der Waals surface area contributed by atoms with E-state index in [2.05, 4.69) is 19.1 Å². The minimum Gasteiger partial charge on any atom is -0.378 e. The van der Waals surface area contributed by atoms with Crippen molar-refractivity contribution in [1.29, 1.82) is 5.26 Å². The summed E-state index contributed by atoms with van der Waals surface area (Å²) in [5.41, 5.74) is 0.165. The molecule has 2 aliphatic carbocycles. The van der Waals surface area contributed by atoms with Gasteiger partial charge in [0.15, 0.2) is 0 Å². The number of halogens is 2. The summed E-state index contributed by atoms with van der Waals surface area (Å²) >= 11 is 0. The number of hydrogen-bond donors (Lipinski definition) is 0. The van der Waals surface area contributed by atoms with Crippen LogP contribution < -0.4 is 0 Å². The van der Waals surface area contributed by atoms with Crippen LogP contribution in [0.2, 0.25) is 0 Å². The van der Waals surface area contributed by atoms with Crippen molar-refractivity contribution in [2.24, 2.45) is 17.8 Å². The molecule has 1 aromatic carbocycles. The largest absolute Gasteiger partial charge is 0.378 e. The highest BCUT2D eigenvalue weighted by Crippen LogP contribution is 2.34. The second kappa shape index (κ2) is 13.1. The molecular formula is C28H39F2NO. The molecule has 0 atom stereocenters. The molecule has 2 aliphatic rings. The fraction of sp³-hybridized carbons (Fsp3) is 0.679. The summed E-state index contributed by atoms with van der Waals surface area (Å²) in [6.45, 7) is 3.11. The van der Waals surface area contributed by atoms with E-state index in [1.165, 1.54) is 50.7 Å². The van der Waals surface area contributed by atoms with E-state index in [-0.39, 0.29) is 0 Å². The summed E-state index contributed by atoms with van der Waals surface area (Å²) in [6, 6.07) is 4.21. The molecule has 0 saturated heterocycles. The van der Waals surface area contributed by atoms with Gasteiger partial charge in [0.25, 0.3) is 0 Å². The van der Waals surface area contributed by atoms with Crippen molar-refractivity contribution < 1.29 is 13.5 Å². The first-order chi connectivity index (χ1) is 15.6. The van der Waals surface area contributed by atoms with Crippen LogP contribution >= 0.6 is 0 Å². The van der Waals surface area contributed by atoms with Gasteiger partial charge < -0.3 is 4.74 Å². The van der Waals surface area contributed by atoms with Crippen LogP contribution in [0.1, 0.15) is 95.1 Å². The molecule has 0 aliphatic heterocycles. The first kappa shape index (κ1) is 24.9. The smallest absolute Gasteiger partial charge is 0.144 e. The van der Waals surface area contributed by atoms with Crippen molar-refractivity contribution >= 4 is 0 Å². The van der Waals surface area contributed by atoms with Crippen LogP contribution in [-0.2, 0) is 11.2 Å². The van der Waals surface area contributed by atoms with Crippen LogP contribution in [0.5, 0.6) is 0 Å². The summed E-state index contributed by atoms with van der Waals surface area (Å²) in [5.74, 6) is 0.732. The fourth-order valence-electron chi connectivity index (χ4n) is 5.41. The number of nitrogens with zero attached hydrogens (tertiary/aromatic N) is 1. The van der Waals surface area contributed by atoms with E-state index in [0.717, 1.165) is 57.0 Å². The molecular weight excluding hydrogens is 404 g/mol. The number of allylic oxidation sites excluding steroid dienone is 2. The normalized spacial score (nSPS) is 26.3. The molecule has 2 fully saturated rings. The maximum Gasteiger partial charge on any atom is 0.144 e. The molecule has 3 rings (SSSR count). The summed E-state index contributed by atoms with van der Waals surface area (Å²) < 4.78 is 33.9. The van der Waals surface area contributed by atoms with Crippen molar-refractivity contribution in [3.8, 4) is 6.07 Å². The molecule has 4 heteroatoms. The highest BCUT2D eigenvalue weighted by molar-refractivity contribution is 5.35. The van der Waals surface area contributed by atoms with Crippen molar-refractivity contribution in [3.63, 3.8) is 0 Å². The lowest BCUT2D eigenvalue weighted by atomic mass is 9.80. The molecule has 0 unspecified atom stereocenters. The molecule has 0 radical (unpaired) electrons. The Balaban J connectivity index is 1.29. The van der Waals surface area contributed by atoms with E-state index in [4.69, 9.17) is 10.00 Å². The third-order valence-corrected chi connectivity index (χ3v) is 7.53. The second-order valence-corrected chi connectivity index (χ2v) is 9.90. The summed E-state index contributed by atoms with van der Waals surface area (Å²) in [4.78, 5) is 0. The minimum atomic E-state index is -0.748. The Labute approximate surface area is 193 Å². The number of rotatable bonds is 10. The molecule has 32 heavy (non-hydrogen) atoms. The van der Waals surface area contributed by atoms with Gasteiger partial charge in [-0.1, -0.05) is 31.9 Å². The maximum atomic E-state index is 13.8. The summed E-state index contributed by atoms with van der Waals surface area (Å²) in [6.07, 6.45) is 20.1. The zero-order chi connectivity index (χ0) is 22.8. The van der Waals surface area contributed by atoms with Gasteiger partial charge >= 0.3 is 0 Å². The molecule has 1 aromatic rings. The second-order valence-electron chi connectivity index (χ2n) is 9.90. The van der Waals surface area contributed by atoms with Crippen LogP contribution in [0.4, 0.5) is 8.78 Å². The lowest BCUT2D eigenvalue weighted by Crippen LogP contribution is -2.26. The molecule has 2 saturated carbocycles. The van der Waals surface area contributed by atoms with Crippen molar-refractivity contribution in [2.75, 3.05) is 6.61 Å². The van der Waals surface area contributed by atoms with Crippen molar-refractivity contribution in [3.05, 3.63) is 47.0 Å². The first-order valence-electron chi connectivity index (χ1n) is 12.7. The molecule has 176 valence electrons. The van der Waals surface area contributed by atoms with Crippen LogP contribution in [0.15, 0.2) is 24.3 Å². The zero-order valence-electron chi connectivity index (χ0n) is 19.6. The van der Waals surface area contributed by atoms with Gasteiger partial charge in [0, 0.05) is 6.61 Å². The van der Waals surface area contributed by atoms with Gasteiger partial charge in [0.2, 0.25) is 0 Å². The highest BCUT2D eigenvalue weighted by Gasteiger charge is 2.25. The van der Waals surface area contributed by atoms with Gasteiger partial charge in [-0.2, -0.15) is 5.26 Å². The van der Waals surface area contributed by atoms with Gasteiger partial charge in [0.05, 0.1) is 6.10 Å². The van der Waals surface area contributed by atoms with Crippen LogP contribution in [0.3, 0.4) is 0 Å². The van der Waals surface area contributed by atoms with E-state index >= 15 is 0 Å². The number of benzene rings is 1. The predicted octanol–water partition coefficient (Wildman–Crippen LogP) is 7.90. The monoisotopic (exact) mass is 443 g/mol. The number of nitriles is 1. The van der Waals surface area contributed by atoms with Crippen LogP contribution in [0, 0.1) is 40.7 Å². The van der Waals surface area contributed by atoms with Gasteiger partial charge in [-0.25, -0.2) is 8.78 Å². The fourth-order valence-corrected chi connectivity index (χ4v) is 5.41. The molecule has 0 amide bonds. The van der Waals surface area contributed by atoms with Crippen LogP contribution in [0.25, 0.3) is 0 Å². The zero-order valence-corrected chi connectivity index (χ0v) is 19.6. The standard InChI is InChI=1S/C28H39F2NO/c1-2-3-4-5-6-21-7-10-23(11-8-21)20-32-25-15-13-22(14-16-25)9-12-24-17-27(29)26(19-31)28(30)18-24/h3-4,17-18,21-23,25H,2,5-16,20H2,1H3/b4-3+. The Morgan fingerprint density at radius 3 is 2.12 bits per heavy atom. The van der Waals surface area contributed by atoms with Gasteiger partial charge in [-0.05, 0) is 106 Å². The quantitative estimate of drug-likeness (QED) is 0.344. The average molecular weight is 444 g/mol. The molecule has 0 spiro atoms. The number of ether oxygens (including phenoxy) is 1. The number of aryl methyl sites for hydroxylation is 1. The topological polar surface area (TPSA) is 33.0 Å². The molecule has 0 N–H and O–H groups in total. The third-order valence-electron chi connectivity index (χ3n) is 7.53. The van der Waals surface area contributed by atoms with E-state index in [1.807, 2.05) is 0 Å². The Kier molecular flexibility index (Phi) is 10.2. The van der Waals surface area contributed by atoms with Gasteiger partial charge in [-0.15, -0.1) is 0 Å². The molecule has 2 nitrogen and oxygen atoms in total. The van der Waals surface area contributed by atoms with E-state index in [9.17, 15) is 8.78 Å². The Morgan fingerprint density at radius 1 is 0.906 bits per heavy atom. The Morgan fingerprint density at radius 2 is 1.50 bits per heavy atom. The van der Waals surface area contributed by atoms with Gasteiger partial charge in [0.1, 0.15) is 23.3 Å². The molecule has 0 bridgehead atoms. The Bertz CT molecular complexity index is 745. The SMILES string of the molecule is CC/C=C/CCC1CCC(COC2CCC(CCc3cc(F)c(C#N)c(F)c3)CC2)CC1. The van der Waals surface area contributed by atoms with Crippen molar-refractivity contribution in [1.82, 2.24) is 0 Å². The Hall–Kier alpha value is -1.73. The minimum absolute atomic E-state index is 0.382. The molecule has 0 heterocycles. The van der Waals surface area contributed by atoms with E-state index in [0.29, 0.717) is 24.0 Å².